The quantitative estimate of drug-likeness (QED) is 0.852. The highest BCUT2D eigenvalue weighted by atomic mass is 32.2. The van der Waals surface area contributed by atoms with Crippen molar-refractivity contribution in [3.05, 3.63) is 24.3 Å². The molecule has 0 amide bonds. The maximum Gasteiger partial charge on any atom is 0.341 e. The molecule has 0 atom stereocenters. The van der Waals surface area contributed by atoms with Crippen LogP contribution in [0.2, 0.25) is 0 Å². The second-order valence-corrected chi connectivity index (χ2v) is 8.00. The van der Waals surface area contributed by atoms with Crippen LogP contribution in [0.5, 0.6) is 0 Å². The van der Waals surface area contributed by atoms with Gasteiger partial charge in [0.05, 0.1) is 16.3 Å². The Morgan fingerprint density at radius 3 is 2.26 bits per heavy atom. The van der Waals surface area contributed by atoms with Crippen LogP contribution in [-0.2, 0) is 19.7 Å². The Bertz CT molecular complexity index is 641. The third-order valence-electron chi connectivity index (χ3n) is 2.22. The molecule has 0 radical (unpaired) electrons. The molecule has 5 nitrogen and oxygen atoms in total. The van der Waals surface area contributed by atoms with Crippen molar-refractivity contribution in [3.8, 4) is 0 Å². The molecule has 0 saturated carbocycles. The molecule has 1 N–H and O–H groups in total. The molecular formula is C10H13F2NO4S2. The number of alkyl halides is 2. The number of hydrogen-bond acceptors (Lipinski definition) is 5. The summed E-state index contributed by atoms with van der Waals surface area (Å²) in [4.78, 5) is -0.543. The first kappa shape index (κ1) is 15.8. The zero-order chi connectivity index (χ0) is 14.7. The van der Waals surface area contributed by atoms with Crippen molar-refractivity contribution in [1.29, 1.82) is 0 Å². The number of hydrogen-bond donors (Lipinski definition) is 1. The smallest absolute Gasteiger partial charge is 0.341 e. The predicted octanol–water partition coefficient (Wildman–Crippen LogP) is 1.14. The lowest BCUT2D eigenvalue weighted by molar-refractivity contribution is 0.235. The number of benzene rings is 1. The van der Waals surface area contributed by atoms with Crippen molar-refractivity contribution in [3.63, 3.8) is 0 Å². The Morgan fingerprint density at radius 2 is 1.74 bits per heavy atom. The summed E-state index contributed by atoms with van der Waals surface area (Å²) in [5.41, 5.74) is -0.0357. The minimum atomic E-state index is -4.72. The fraction of sp³-hybridized carbons (Fsp3) is 0.400. The van der Waals surface area contributed by atoms with Gasteiger partial charge >= 0.3 is 5.76 Å². The minimum absolute atomic E-state index is 0.0357. The van der Waals surface area contributed by atoms with Crippen LogP contribution >= 0.6 is 0 Å². The molecule has 1 aromatic rings. The highest BCUT2D eigenvalue weighted by molar-refractivity contribution is 7.92. The van der Waals surface area contributed by atoms with Crippen molar-refractivity contribution < 1.29 is 25.6 Å². The van der Waals surface area contributed by atoms with E-state index in [9.17, 15) is 25.6 Å². The lowest BCUT2D eigenvalue weighted by atomic mass is 10.3. The molecular weight excluding hydrogens is 300 g/mol. The van der Waals surface area contributed by atoms with E-state index >= 15 is 0 Å². The van der Waals surface area contributed by atoms with Gasteiger partial charge in [-0.25, -0.2) is 16.8 Å². The van der Waals surface area contributed by atoms with Gasteiger partial charge in [0.1, 0.15) is 9.84 Å². The molecule has 0 spiro atoms. The Balaban J connectivity index is 2.98. The van der Waals surface area contributed by atoms with Gasteiger partial charge in [0.25, 0.3) is 0 Å². The molecule has 0 heterocycles. The van der Waals surface area contributed by atoms with Crippen LogP contribution in [-0.4, -0.2) is 41.1 Å². The highest BCUT2D eigenvalue weighted by Gasteiger charge is 2.28. The molecule has 1 aromatic carbocycles. The average Bonchev–Trinajstić information content (AvgIpc) is 2.27. The molecule has 0 bridgehead atoms. The number of nitrogens with one attached hydrogen (secondary N) is 1. The Labute approximate surface area is 110 Å². The maximum atomic E-state index is 12.5. The third-order valence-corrected chi connectivity index (χ3v) is 4.60. The van der Waals surface area contributed by atoms with Gasteiger partial charge in [0.15, 0.2) is 0 Å². The van der Waals surface area contributed by atoms with Crippen LogP contribution < -0.4 is 5.32 Å². The highest BCUT2D eigenvalue weighted by Crippen LogP contribution is 2.25. The Hall–Kier alpha value is -1.22. The van der Waals surface area contributed by atoms with Crippen molar-refractivity contribution in [1.82, 2.24) is 0 Å². The Morgan fingerprint density at radius 1 is 1.16 bits per heavy atom. The largest absolute Gasteiger partial charge is 0.383 e. The molecule has 1 rings (SSSR count). The number of halogens is 2. The molecule has 19 heavy (non-hydrogen) atoms. The monoisotopic (exact) mass is 313 g/mol. The van der Waals surface area contributed by atoms with Crippen LogP contribution in [0.4, 0.5) is 14.5 Å². The molecule has 0 unspecified atom stereocenters. The first-order valence-electron chi connectivity index (χ1n) is 5.17. The van der Waals surface area contributed by atoms with Gasteiger partial charge in [-0.15, -0.1) is 0 Å². The summed E-state index contributed by atoms with van der Waals surface area (Å²) in [6, 6.07) is 5.13. The molecule has 108 valence electrons. The summed E-state index contributed by atoms with van der Waals surface area (Å²) in [6.07, 6.45) is 1.02. The predicted molar refractivity (Wildman–Crippen MR) is 67.8 cm³/mol. The number of para-hydroxylation sites is 1. The molecule has 0 aliphatic carbocycles. The first-order valence-corrected chi connectivity index (χ1v) is 8.78. The van der Waals surface area contributed by atoms with E-state index < -0.39 is 30.3 Å². The van der Waals surface area contributed by atoms with Crippen LogP contribution in [0.25, 0.3) is 0 Å². The molecule has 0 aromatic heterocycles. The van der Waals surface area contributed by atoms with Crippen LogP contribution in [0.3, 0.4) is 0 Å². The van der Waals surface area contributed by atoms with Gasteiger partial charge in [-0.3, -0.25) is 0 Å². The van der Waals surface area contributed by atoms with Gasteiger partial charge in [0, 0.05) is 12.8 Å². The lowest BCUT2D eigenvalue weighted by Crippen LogP contribution is -2.18. The van der Waals surface area contributed by atoms with E-state index in [1.807, 2.05) is 0 Å². The van der Waals surface area contributed by atoms with Crippen LogP contribution in [0.15, 0.2) is 29.2 Å². The van der Waals surface area contributed by atoms with E-state index in [-0.39, 0.29) is 18.0 Å². The molecule has 0 aliphatic heterocycles. The number of anilines is 1. The van der Waals surface area contributed by atoms with Gasteiger partial charge in [0.2, 0.25) is 9.84 Å². The minimum Gasteiger partial charge on any atom is -0.383 e. The summed E-state index contributed by atoms with van der Waals surface area (Å²) in [5, 5.41) is 2.54. The zero-order valence-corrected chi connectivity index (χ0v) is 11.6. The van der Waals surface area contributed by atoms with Crippen LogP contribution in [0.1, 0.15) is 0 Å². The van der Waals surface area contributed by atoms with Crippen molar-refractivity contribution in [2.24, 2.45) is 0 Å². The topological polar surface area (TPSA) is 80.3 Å². The van der Waals surface area contributed by atoms with Crippen LogP contribution in [0, 0.1) is 0 Å². The van der Waals surface area contributed by atoms with E-state index in [2.05, 4.69) is 5.32 Å². The summed E-state index contributed by atoms with van der Waals surface area (Å²) < 4.78 is 69.6. The summed E-state index contributed by atoms with van der Waals surface area (Å²) in [7, 11) is -7.94. The first-order chi connectivity index (χ1) is 8.64. The Kier molecular flexibility index (Phi) is 4.86. The zero-order valence-electron chi connectivity index (χ0n) is 10.0. The SMILES string of the molecule is CS(=O)(=O)CCNc1ccccc1S(=O)(=O)C(F)F. The molecule has 9 heteroatoms. The molecule has 0 fully saturated rings. The average molecular weight is 313 g/mol. The number of rotatable bonds is 6. The normalized spacial score (nSPS) is 12.6. The van der Waals surface area contributed by atoms with E-state index in [0.29, 0.717) is 0 Å². The summed E-state index contributed by atoms with van der Waals surface area (Å²) >= 11 is 0. The third kappa shape index (κ3) is 4.43. The van der Waals surface area contributed by atoms with Crippen molar-refractivity contribution in [2.45, 2.75) is 10.7 Å². The van der Waals surface area contributed by atoms with Gasteiger partial charge in [-0.2, -0.15) is 8.78 Å². The fourth-order valence-corrected chi connectivity index (χ4v) is 2.71. The van der Waals surface area contributed by atoms with E-state index in [0.717, 1.165) is 12.3 Å². The van der Waals surface area contributed by atoms with Crippen molar-refractivity contribution >= 4 is 25.4 Å². The van der Waals surface area contributed by atoms with Crippen molar-refractivity contribution in [2.75, 3.05) is 23.9 Å². The summed E-state index contributed by atoms with van der Waals surface area (Å²) in [5.74, 6) is -3.75. The van der Waals surface area contributed by atoms with Gasteiger partial charge < -0.3 is 5.32 Å². The second-order valence-electron chi connectivity index (χ2n) is 3.86. The van der Waals surface area contributed by atoms with Gasteiger partial charge in [-0.05, 0) is 12.1 Å². The van der Waals surface area contributed by atoms with Gasteiger partial charge in [-0.1, -0.05) is 12.1 Å². The van der Waals surface area contributed by atoms with E-state index in [4.69, 9.17) is 0 Å². The number of sulfone groups is 2. The summed E-state index contributed by atoms with van der Waals surface area (Å²) in [6.45, 7) is -0.0609. The fourth-order valence-electron chi connectivity index (χ4n) is 1.33. The lowest BCUT2D eigenvalue weighted by Gasteiger charge is -2.11. The maximum absolute atomic E-state index is 12.5. The van der Waals surface area contributed by atoms with E-state index in [1.165, 1.54) is 18.2 Å². The van der Waals surface area contributed by atoms with E-state index in [1.54, 1.807) is 0 Å². The molecule has 0 aliphatic rings. The molecule has 0 saturated heterocycles. The second kappa shape index (κ2) is 5.83. The standard InChI is InChI=1S/C10H13F2NO4S2/c1-18(14,15)7-6-13-8-4-2-3-5-9(8)19(16,17)10(11)12/h2-5,10,13H,6-7H2,1H3.